The molecule has 1 nitrogen and oxygen atoms in total. The van der Waals surface area contributed by atoms with E-state index in [9.17, 15) is 0 Å². The largest absolute Gasteiger partial charge is 0.326 e. The molecule has 0 fully saturated rings. The van der Waals surface area contributed by atoms with Gasteiger partial charge in [0.05, 0.1) is 0 Å². The summed E-state index contributed by atoms with van der Waals surface area (Å²) < 4.78 is 0. The predicted molar refractivity (Wildman–Crippen MR) is 61.6 cm³/mol. The highest BCUT2D eigenvalue weighted by molar-refractivity contribution is 6.93. The minimum absolute atomic E-state index is 0.621. The van der Waals surface area contributed by atoms with Gasteiger partial charge in [0.1, 0.15) is 8.07 Å². The highest BCUT2D eigenvalue weighted by Crippen LogP contribution is 2.05. The van der Waals surface area contributed by atoms with E-state index in [1.807, 2.05) is 0 Å². The fourth-order valence-corrected chi connectivity index (χ4v) is 2.45. The van der Waals surface area contributed by atoms with Crippen molar-refractivity contribution in [2.75, 3.05) is 0 Å². The molecule has 0 unspecified atom stereocenters. The molecule has 2 heteroatoms. The normalized spacial score (nSPS) is 11.3. The van der Waals surface area contributed by atoms with Crippen LogP contribution in [0, 0.1) is 0 Å². The zero-order valence-corrected chi connectivity index (χ0v) is 9.38. The summed E-state index contributed by atoms with van der Waals surface area (Å²) in [6.45, 7) is 9.09. The van der Waals surface area contributed by atoms with Crippen LogP contribution in [0.1, 0.15) is 5.56 Å². The third kappa shape index (κ3) is 2.29. The van der Waals surface area contributed by atoms with Crippen LogP contribution in [0.3, 0.4) is 0 Å². The van der Waals surface area contributed by atoms with E-state index >= 15 is 0 Å². The molecule has 1 aromatic carbocycles. The molecule has 1 aromatic rings. The van der Waals surface area contributed by atoms with Crippen LogP contribution >= 0.6 is 0 Å². The van der Waals surface area contributed by atoms with Crippen molar-refractivity contribution in [3.8, 4) is 0 Å². The first-order valence-corrected chi connectivity index (χ1v) is 7.61. The third-order valence-electron chi connectivity index (χ3n) is 2.44. The Morgan fingerprint density at radius 3 is 2.23 bits per heavy atom. The summed E-state index contributed by atoms with van der Waals surface area (Å²) in [6, 6.07) is 8.56. The molecule has 0 amide bonds. The molecule has 0 saturated heterocycles. The summed E-state index contributed by atoms with van der Waals surface area (Å²) in [5.74, 6) is 0. The van der Waals surface area contributed by atoms with E-state index in [1.165, 1.54) is 10.8 Å². The van der Waals surface area contributed by atoms with Gasteiger partial charge in [0.2, 0.25) is 0 Å². The van der Waals surface area contributed by atoms with Gasteiger partial charge in [-0.05, 0) is 5.56 Å². The summed E-state index contributed by atoms with van der Waals surface area (Å²) in [7, 11) is -1.37. The van der Waals surface area contributed by atoms with Crippen LogP contribution in [0.5, 0.6) is 0 Å². The van der Waals surface area contributed by atoms with Gasteiger partial charge in [-0.3, -0.25) is 0 Å². The van der Waals surface area contributed by atoms with Crippen LogP contribution in [0.15, 0.2) is 36.5 Å². The lowest BCUT2D eigenvalue weighted by Gasteiger charge is -2.17. The molecular weight excluding hydrogens is 174 g/mol. The molecule has 2 N–H and O–H groups in total. The molecule has 0 aliphatic heterocycles. The highest BCUT2D eigenvalue weighted by Gasteiger charge is 2.17. The molecule has 0 spiro atoms. The van der Waals surface area contributed by atoms with Crippen molar-refractivity contribution in [1.29, 1.82) is 0 Å². The molecule has 0 aliphatic carbocycles. The lowest BCUT2D eigenvalue weighted by atomic mass is 10.2. The molecule has 1 rings (SSSR count). The topological polar surface area (TPSA) is 26.0 Å². The van der Waals surface area contributed by atoms with Crippen molar-refractivity contribution >= 4 is 13.3 Å². The van der Waals surface area contributed by atoms with Gasteiger partial charge in [-0.1, -0.05) is 48.2 Å². The summed E-state index contributed by atoms with van der Waals surface area (Å²) in [5, 5.41) is 1.42. The Hall–Kier alpha value is -0.863. The minimum Gasteiger partial charge on any atom is -0.326 e. The number of benzene rings is 1. The van der Waals surface area contributed by atoms with Gasteiger partial charge in [-0.2, -0.15) is 0 Å². The average Bonchev–Trinajstić information content (AvgIpc) is 2.18. The SMILES string of the molecule is C=C[Si](C)(C)c1ccc(CN)cc1. The van der Waals surface area contributed by atoms with Crippen molar-refractivity contribution in [3.05, 3.63) is 42.1 Å². The van der Waals surface area contributed by atoms with E-state index in [0.29, 0.717) is 6.54 Å². The summed E-state index contributed by atoms with van der Waals surface area (Å²) in [5.41, 5.74) is 8.83. The first kappa shape index (κ1) is 10.2. The number of hydrogen-bond acceptors (Lipinski definition) is 1. The second-order valence-corrected chi connectivity index (χ2v) is 8.26. The van der Waals surface area contributed by atoms with Gasteiger partial charge in [0, 0.05) is 6.54 Å². The molecular formula is C11H17NSi. The molecule has 0 saturated carbocycles. The maximum Gasteiger partial charge on any atom is 0.103 e. The summed E-state index contributed by atoms with van der Waals surface area (Å²) >= 11 is 0. The van der Waals surface area contributed by atoms with Crippen LogP contribution < -0.4 is 10.9 Å². The van der Waals surface area contributed by atoms with Gasteiger partial charge >= 0.3 is 0 Å². The first-order chi connectivity index (χ1) is 6.10. The third-order valence-corrected chi connectivity index (χ3v) is 5.29. The standard InChI is InChI=1S/C11H17NSi/c1-4-13(2,3)11-7-5-10(9-12)6-8-11/h4-8H,1,9,12H2,2-3H3. The van der Waals surface area contributed by atoms with Gasteiger partial charge in [-0.25, -0.2) is 0 Å². The smallest absolute Gasteiger partial charge is 0.103 e. The number of rotatable bonds is 3. The van der Waals surface area contributed by atoms with Crippen molar-refractivity contribution < 1.29 is 0 Å². The van der Waals surface area contributed by atoms with Crippen LogP contribution in [0.25, 0.3) is 0 Å². The van der Waals surface area contributed by atoms with Crippen molar-refractivity contribution in [2.45, 2.75) is 19.6 Å². The van der Waals surface area contributed by atoms with Gasteiger partial charge < -0.3 is 5.73 Å². The zero-order valence-electron chi connectivity index (χ0n) is 8.38. The van der Waals surface area contributed by atoms with E-state index in [1.54, 1.807) is 0 Å². The Balaban J connectivity index is 2.98. The average molecular weight is 191 g/mol. The second-order valence-electron chi connectivity index (χ2n) is 3.83. The lowest BCUT2D eigenvalue weighted by Crippen LogP contribution is -2.39. The van der Waals surface area contributed by atoms with Gasteiger partial charge in [-0.15, -0.1) is 6.58 Å². The molecule has 0 heterocycles. The predicted octanol–water partition coefficient (Wildman–Crippen LogP) is 1.79. The molecule has 13 heavy (non-hydrogen) atoms. The Bertz CT molecular complexity index is 287. The van der Waals surface area contributed by atoms with Crippen LogP contribution in [-0.4, -0.2) is 8.07 Å². The molecule has 0 aliphatic rings. The maximum atomic E-state index is 5.53. The monoisotopic (exact) mass is 191 g/mol. The van der Waals surface area contributed by atoms with Crippen LogP contribution in [-0.2, 0) is 6.54 Å². The van der Waals surface area contributed by atoms with E-state index in [2.05, 4.69) is 49.6 Å². The fraction of sp³-hybridized carbons (Fsp3) is 0.273. The van der Waals surface area contributed by atoms with E-state index in [-0.39, 0.29) is 0 Å². The van der Waals surface area contributed by atoms with E-state index < -0.39 is 8.07 Å². The molecule has 0 aromatic heterocycles. The Morgan fingerprint density at radius 1 is 1.31 bits per heavy atom. The van der Waals surface area contributed by atoms with Crippen molar-refractivity contribution in [1.82, 2.24) is 0 Å². The fourth-order valence-electron chi connectivity index (χ4n) is 1.19. The molecule has 70 valence electrons. The number of hydrogen-bond donors (Lipinski definition) is 1. The Kier molecular flexibility index (Phi) is 3.06. The minimum atomic E-state index is -1.37. The number of nitrogens with two attached hydrogens (primary N) is 1. The van der Waals surface area contributed by atoms with Crippen LogP contribution in [0.4, 0.5) is 0 Å². The highest BCUT2D eigenvalue weighted by atomic mass is 28.3. The first-order valence-electron chi connectivity index (χ1n) is 4.53. The van der Waals surface area contributed by atoms with Crippen molar-refractivity contribution in [2.24, 2.45) is 5.73 Å². The van der Waals surface area contributed by atoms with Gasteiger partial charge in [0.15, 0.2) is 0 Å². The van der Waals surface area contributed by atoms with Crippen LogP contribution in [0.2, 0.25) is 13.1 Å². The van der Waals surface area contributed by atoms with Crippen molar-refractivity contribution in [3.63, 3.8) is 0 Å². The summed E-state index contributed by atoms with van der Waals surface area (Å²) in [6.07, 6.45) is 0. The molecule has 0 bridgehead atoms. The molecule has 0 radical (unpaired) electrons. The van der Waals surface area contributed by atoms with Gasteiger partial charge in [0.25, 0.3) is 0 Å². The maximum absolute atomic E-state index is 5.53. The Morgan fingerprint density at radius 2 is 1.85 bits per heavy atom. The van der Waals surface area contributed by atoms with E-state index in [0.717, 1.165) is 0 Å². The van der Waals surface area contributed by atoms with E-state index in [4.69, 9.17) is 5.73 Å². The zero-order chi connectivity index (χ0) is 9.90. The summed E-state index contributed by atoms with van der Waals surface area (Å²) in [4.78, 5) is 0. The quantitative estimate of drug-likeness (QED) is 0.724. The second kappa shape index (κ2) is 3.90. The Labute approximate surface area is 81.3 Å². The lowest BCUT2D eigenvalue weighted by molar-refractivity contribution is 1.07. The molecule has 0 atom stereocenters.